The van der Waals surface area contributed by atoms with E-state index in [1.165, 1.54) is 0 Å². The number of aromatic nitrogens is 2. The van der Waals surface area contributed by atoms with Crippen LogP contribution in [0.1, 0.15) is 39.2 Å². The van der Waals surface area contributed by atoms with Crippen molar-refractivity contribution < 1.29 is 14.3 Å². The molecule has 0 aliphatic carbocycles. The highest BCUT2D eigenvalue weighted by atomic mass is 16.6. The van der Waals surface area contributed by atoms with Crippen LogP contribution in [0.5, 0.6) is 5.75 Å². The van der Waals surface area contributed by atoms with Crippen molar-refractivity contribution in [2.45, 2.75) is 51.7 Å². The smallest absolute Gasteiger partial charge is 0.410 e. The highest BCUT2D eigenvalue weighted by molar-refractivity contribution is 5.70. The molecule has 1 fully saturated rings. The van der Waals surface area contributed by atoms with Crippen LogP contribution in [0.4, 0.5) is 10.6 Å². The number of benzene rings is 1. The number of anilines is 1. The van der Waals surface area contributed by atoms with Crippen LogP contribution in [0.3, 0.4) is 0 Å². The van der Waals surface area contributed by atoms with Crippen molar-refractivity contribution in [1.29, 1.82) is 0 Å². The number of carbonyl (C=O) groups excluding carboxylic acids is 1. The standard InChI is InChI=1S/C20H28N4O3/c1-20(2,3)27-19(25)24-9-5-6-14(24)10-13-7-8-15(17(11-13)26-4)16-12-18(21)23-22-16/h7-8,11-12,14H,5-6,9-10H2,1-4H3,(H3,21,22,23). The first-order valence-electron chi connectivity index (χ1n) is 9.24. The lowest BCUT2D eigenvalue weighted by atomic mass is 10.0. The number of amides is 1. The number of aromatic amines is 1. The molecule has 1 aromatic carbocycles. The van der Waals surface area contributed by atoms with Crippen molar-refractivity contribution in [1.82, 2.24) is 15.1 Å². The van der Waals surface area contributed by atoms with Crippen LogP contribution in [-0.4, -0.2) is 46.5 Å². The van der Waals surface area contributed by atoms with Gasteiger partial charge in [-0.1, -0.05) is 6.07 Å². The molecular formula is C20H28N4O3. The van der Waals surface area contributed by atoms with Crippen molar-refractivity contribution in [3.63, 3.8) is 0 Å². The topological polar surface area (TPSA) is 93.5 Å². The summed E-state index contributed by atoms with van der Waals surface area (Å²) in [5.41, 5.74) is 8.05. The van der Waals surface area contributed by atoms with Crippen LogP contribution in [0.15, 0.2) is 24.3 Å². The average molecular weight is 372 g/mol. The van der Waals surface area contributed by atoms with E-state index in [9.17, 15) is 4.79 Å². The van der Waals surface area contributed by atoms with E-state index in [2.05, 4.69) is 16.3 Å². The Balaban J connectivity index is 1.76. The van der Waals surface area contributed by atoms with Crippen LogP contribution in [-0.2, 0) is 11.2 Å². The third kappa shape index (κ3) is 4.53. The lowest BCUT2D eigenvalue weighted by molar-refractivity contribution is 0.0227. The zero-order valence-electron chi connectivity index (χ0n) is 16.4. The summed E-state index contributed by atoms with van der Waals surface area (Å²) in [7, 11) is 1.64. The fourth-order valence-electron chi connectivity index (χ4n) is 3.44. The van der Waals surface area contributed by atoms with Crippen LogP contribution in [0, 0.1) is 0 Å². The number of nitrogen functional groups attached to an aromatic ring is 1. The normalized spacial score (nSPS) is 17.2. The summed E-state index contributed by atoms with van der Waals surface area (Å²) < 4.78 is 11.1. The first-order valence-corrected chi connectivity index (χ1v) is 9.24. The van der Waals surface area contributed by atoms with Gasteiger partial charge in [-0.05, 0) is 57.7 Å². The predicted molar refractivity (Wildman–Crippen MR) is 105 cm³/mol. The quantitative estimate of drug-likeness (QED) is 0.855. The fraction of sp³-hybridized carbons (Fsp3) is 0.500. The third-order valence-electron chi connectivity index (χ3n) is 4.63. The molecule has 1 aliphatic rings. The van der Waals surface area contributed by atoms with Gasteiger partial charge in [-0.2, -0.15) is 5.10 Å². The van der Waals surface area contributed by atoms with E-state index in [0.29, 0.717) is 5.82 Å². The number of ether oxygens (including phenoxy) is 2. The molecule has 0 radical (unpaired) electrons. The molecule has 146 valence electrons. The Morgan fingerprint density at radius 1 is 1.37 bits per heavy atom. The molecule has 1 saturated heterocycles. The molecule has 2 heterocycles. The van der Waals surface area contributed by atoms with Crippen LogP contribution in [0.2, 0.25) is 0 Å². The summed E-state index contributed by atoms with van der Waals surface area (Å²) in [6, 6.07) is 7.98. The second kappa shape index (κ2) is 7.50. The molecule has 1 atom stereocenters. The number of nitrogens with two attached hydrogens (primary N) is 1. The lowest BCUT2D eigenvalue weighted by Gasteiger charge is -2.28. The molecule has 7 nitrogen and oxygen atoms in total. The number of H-pyrrole nitrogens is 1. The highest BCUT2D eigenvalue weighted by Crippen LogP contribution is 2.32. The molecule has 27 heavy (non-hydrogen) atoms. The summed E-state index contributed by atoms with van der Waals surface area (Å²) in [6.45, 7) is 6.41. The Bertz CT molecular complexity index is 810. The van der Waals surface area contributed by atoms with Crippen molar-refractivity contribution >= 4 is 11.9 Å². The molecule has 3 N–H and O–H groups in total. The molecule has 1 aromatic heterocycles. The van der Waals surface area contributed by atoms with Crippen molar-refractivity contribution in [2.75, 3.05) is 19.4 Å². The zero-order valence-corrected chi connectivity index (χ0v) is 16.4. The number of carbonyl (C=O) groups is 1. The Morgan fingerprint density at radius 2 is 2.15 bits per heavy atom. The summed E-state index contributed by atoms with van der Waals surface area (Å²) >= 11 is 0. The van der Waals surface area contributed by atoms with Crippen molar-refractivity contribution in [3.05, 3.63) is 29.8 Å². The first-order chi connectivity index (χ1) is 12.8. The van der Waals surface area contributed by atoms with Crippen LogP contribution >= 0.6 is 0 Å². The van der Waals surface area contributed by atoms with Crippen LogP contribution < -0.4 is 10.5 Å². The first kappa shape index (κ1) is 19.1. The maximum atomic E-state index is 12.5. The van der Waals surface area contributed by atoms with E-state index in [-0.39, 0.29) is 12.1 Å². The number of nitrogens with one attached hydrogen (secondary N) is 1. The van der Waals surface area contributed by atoms with Gasteiger partial charge in [0.1, 0.15) is 17.2 Å². The Morgan fingerprint density at radius 3 is 2.78 bits per heavy atom. The zero-order chi connectivity index (χ0) is 19.6. The van der Waals surface area contributed by atoms with Gasteiger partial charge in [0.15, 0.2) is 0 Å². The van der Waals surface area contributed by atoms with Gasteiger partial charge < -0.3 is 20.1 Å². The fourth-order valence-corrected chi connectivity index (χ4v) is 3.44. The van der Waals surface area contributed by atoms with Gasteiger partial charge in [0.05, 0.1) is 12.8 Å². The number of nitrogens with zero attached hydrogens (tertiary/aromatic N) is 2. The van der Waals surface area contributed by atoms with Gasteiger partial charge in [-0.3, -0.25) is 5.10 Å². The summed E-state index contributed by atoms with van der Waals surface area (Å²) in [6.07, 6.45) is 2.50. The molecule has 0 saturated carbocycles. The van der Waals surface area contributed by atoms with E-state index in [1.807, 2.05) is 37.8 Å². The molecule has 3 rings (SSSR count). The predicted octanol–water partition coefficient (Wildman–Crippen LogP) is 3.61. The maximum absolute atomic E-state index is 12.5. The minimum absolute atomic E-state index is 0.137. The Kier molecular flexibility index (Phi) is 5.30. The molecule has 0 spiro atoms. The van der Waals surface area contributed by atoms with E-state index in [0.717, 1.165) is 48.4 Å². The molecule has 1 amide bonds. The minimum atomic E-state index is -0.485. The number of methoxy groups -OCH3 is 1. The van der Waals surface area contributed by atoms with Gasteiger partial charge in [-0.15, -0.1) is 0 Å². The van der Waals surface area contributed by atoms with E-state index in [4.69, 9.17) is 15.2 Å². The third-order valence-corrected chi connectivity index (χ3v) is 4.63. The Labute approximate surface area is 159 Å². The molecule has 0 bridgehead atoms. The van der Waals surface area contributed by atoms with E-state index >= 15 is 0 Å². The Hall–Kier alpha value is -2.70. The number of rotatable bonds is 4. The van der Waals surface area contributed by atoms with Gasteiger partial charge in [-0.25, -0.2) is 4.79 Å². The average Bonchev–Trinajstić information content (AvgIpc) is 3.22. The molecule has 1 aliphatic heterocycles. The summed E-state index contributed by atoms with van der Waals surface area (Å²) in [5.74, 6) is 1.19. The monoisotopic (exact) mass is 372 g/mol. The maximum Gasteiger partial charge on any atom is 0.410 e. The van der Waals surface area contributed by atoms with Crippen molar-refractivity contribution in [3.8, 4) is 17.0 Å². The second-order valence-electron chi connectivity index (χ2n) is 7.92. The van der Waals surface area contributed by atoms with Gasteiger partial charge >= 0.3 is 6.09 Å². The highest BCUT2D eigenvalue weighted by Gasteiger charge is 2.32. The SMILES string of the molecule is COc1cc(CC2CCCN2C(=O)OC(C)(C)C)ccc1-c1cc(N)n[nH]1. The summed E-state index contributed by atoms with van der Waals surface area (Å²) in [4.78, 5) is 14.3. The van der Waals surface area contributed by atoms with Gasteiger partial charge in [0.2, 0.25) is 0 Å². The molecule has 7 heteroatoms. The van der Waals surface area contributed by atoms with Crippen molar-refractivity contribution in [2.24, 2.45) is 0 Å². The lowest BCUT2D eigenvalue weighted by Crippen LogP contribution is -2.40. The van der Waals surface area contributed by atoms with E-state index in [1.54, 1.807) is 13.2 Å². The van der Waals surface area contributed by atoms with E-state index < -0.39 is 5.60 Å². The minimum Gasteiger partial charge on any atom is -0.496 e. The second-order valence-corrected chi connectivity index (χ2v) is 7.92. The molecule has 2 aromatic rings. The number of hydrogen-bond donors (Lipinski definition) is 2. The summed E-state index contributed by atoms with van der Waals surface area (Å²) in [5, 5.41) is 6.88. The van der Waals surface area contributed by atoms with Crippen LogP contribution in [0.25, 0.3) is 11.3 Å². The van der Waals surface area contributed by atoms with Gasteiger partial charge in [0.25, 0.3) is 0 Å². The van der Waals surface area contributed by atoms with Gasteiger partial charge in [0, 0.05) is 24.2 Å². The molecular weight excluding hydrogens is 344 g/mol. The number of hydrogen-bond acceptors (Lipinski definition) is 5. The number of likely N-dealkylation sites (tertiary alicyclic amines) is 1. The molecule has 1 unspecified atom stereocenters. The largest absolute Gasteiger partial charge is 0.496 e.